The van der Waals surface area contributed by atoms with Gasteiger partial charge in [-0.25, -0.2) is 4.79 Å². The molecule has 0 aromatic rings. The van der Waals surface area contributed by atoms with Gasteiger partial charge in [-0.1, -0.05) is 18.9 Å². The number of rotatable bonds is 4. The van der Waals surface area contributed by atoms with E-state index in [4.69, 9.17) is 4.74 Å². The van der Waals surface area contributed by atoms with Gasteiger partial charge in [0.1, 0.15) is 5.60 Å². The van der Waals surface area contributed by atoms with Crippen molar-refractivity contribution >= 4 is 18.0 Å². The monoisotopic (exact) mass is 260 g/mol. The van der Waals surface area contributed by atoms with E-state index in [1.165, 1.54) is 0 Å². The molecule has 0 aromatic heterocycles. The number of carbonyl (C=O) groups excluding carboxylic acids is 1. The molecule has 1 amide bonds. The summed E-state index contributed by atoms with van der Waals surface area (Å²) in [4.78, 5) is 11.6. The molecule has 0 radical (unpaired) electrons. The van der Waals surface area contributed by atoms with Gasteiger partial charge in [0, 0.05) is 17.8 Å². The maximum Gasteiger partial charge on any atom is 0.407 e. The maximum atomic E-state index is 11.6. The first-order valence-electron chi connectivity index (χ1n) is 6.28. The number of alkyl carbamates (subject to hydrolysis) is 1. The highest BCUT2D eigenvalue weighted by Gasteiger charge is 2.27. The summed E-state index contributed by atoms with van der Waals surface area (Å²) >= 11 is 1.79. The molecular formula is C12H24N2O2S. The Morgan fingerprint density at radius 1 is 1.41 bits per heavy atom. The molecule has 1 fully saturated rings. The van der Waals surface area contributed by atoms with Crippen molar-refractivity contribution in [3.8, 4) is 0 Å². The van der Waals surface area contributed by atoms with Crippen LogP contribution in [0.4, 0.5) is 4.79 Å². The molecule has 0 heterocycles. The molecule has 0 bridgehead atoms. The molecule has 1 aliphatic rings. The van der Waals surface area contributed by atoms with Crippen LogP contribution in [0.5, 0.6) is 0 Å². The molecule has 2 N–H and O–H groups in total. The molecule has 0 saturated heterocycles. The normalized spacial score (nSPS) is 24.7. The van der Waals surface area contributed by atoms with Crippen LogP contribution in [0.1, 0.15) is 47.0 Å². The van der Waals surface area contributed by atoms with Crippen LogP contribution in [0.25, 0.3) is 0 Å². The quantitative estimate of drug-likeness (QED) is 0.763. The summed E-state index contributed by atoms with van der Waals surface area (Å²) in [5.41, 5.74) is -0.416. The van der Waals surface area contributed by atoms with E-state index in [0.717, 1.165) is 25.8 Å². The van der Waals surface area contributed by atoms with Crippen molar-refractivity contribution in [1.29, 1.82) is 0 Å². The van der Waals surface area contributed by atoms with Gasteiger partial charge in [0.2, 0.25) is 0 Å². The van der Waals surface area contributed by atoms with Crippen LogP contribution in [0.2, 0.25) is 0 Å². The molecule has 0 aromatic carbocycles. The Kier molecular flexibility index (Phi) is 5.59. The summed E-state index contributed by atoms with van der Waals surface area (Å²) < 4.78 is 8.52. The second kappa shape index (κ2) is 6.50. The van der Waals surface area contributed by atoms with Crippen molar-refractivity contribution in [2.24, 2.45) is 0 Å². The van der Waals surface area contributed by atoms with Crippen LogP contribution in [-0.2, 0) is 4.74 Å². The van der Waals surface area contributed by atoms with Crippen LogP contribution < -0.4 is 10.0 Å². The predicted octanol–water partition coefficient (Wildman–Crippen LogP) is 2.69. The minimum Gasteiger partial charge on any atom is -0.444 e. The summed E-state index contributed by atoms with van der Waals surface area (Å²) in [6.07, 6.45) is 2.92. The van der Waals surface area contributed by atoms with E-state index in [2.05, 4.69) is 17.0 Å². The number of ether oxygens (including phenoxy) is 1. The Morgan fingerprint density at radius 2 is 2.12 bits per heavy atom. The van der Waals surface area contributed by atoms with Crippen LogP contribution in [-0.4, -0.2) is 29.5 Å². The lowest BCUT2D eigenvalue weighted by atomic mass is 10.2. The van der Waals surface area contributed by atoms with Gasteiger partial charge in [-0.05, 0) is 40.0 Å². The zero-order valence-electron chi connectivity index (χ0n) is 11.2. The van der Waals surface area contributed by atoms with Crippen LogP contribution >= 0.6 is 11.9 Å². The summed E-state index contributed by atoms with van der Waals surface area (Å²) in [6.45, 7) is 8.71. The first kappa shape index (κ1) is 14.6. The van der Waals surface area contributed by atoms with E-state index in [0.29, 0.717) is 5.25 Å². The molecule has 1 saturated carbocycles. The fourth-order valence-electron chi connectivity index (χ4n) is 1.85. The minimum atomic E-state index is -0.416. The lowest BCUT2D eigenvalue weighted by Crippen LogP contribution is -2.38. The first-order chi connectivity index (χ1) is 7.90. The Hall–Kier alpha value is -0.420. The van der Waals surface area contributed by atoms with E-state index in [1.807, 2.05) is 20.8 Å². The summed E-state index contributed by atoms with van der Waals surface area (Å²) in [5.74, 6) is 0. The Morgan fingerprint density at radius 3 is 2.71 bits per heavy atom. The number of amides is 1. The smallest absolute Gasteiger partial charge is 0.407 e. The van der Waals surface area contributed by atoms with Gasteiger partial charge in [-0.2, -0.15) is 0 Å². The van der Waals surface area contributed by atoms with E-state index in [9.17, 15) is 4.79 Å². The lowest BCUT2D eigenvalue weighted by molar-refractivity contribution is 0.0505. The van der Waals surface area contributed by atoms with Crippen LogP contribution in [0.15, 0.2) is 0 Å². The minimum absolute atomic E-state index is 0.265. The highest BCUT2D eigenvalue weighted by molar-refractivity contribution is 7.98. The number of hydrogen-bond acceptors (Lipinski definition) is 4. The molecule has 0 spiro atoms. The number of nitrogens with one attached hydrogen (secondary N) is 2. The highest BCUT2D eigenvalue weighted by Crippen LogP contribution is 2.28. The second-order valence-electron chi connectivity index (χ2n) is 5.39. The standard InChI is InChI=1S/C12H24N2O2S/c1-5-13-17-10-7-6-9(8-10)14-11(15)16-12(2,3)4/h9-10,13H,5-8H2,1-4H3,(H,14,15). The van der Waals surface area contributed by atoms with Gasteiger partial charge in [0.25, 0.3) is 0 Å². The average Bonchev–Trinajstić information content (AvgIpc) is 2.59. The zero-order chi connectivity index (χ0) is 12.9. The molecule has 2 unspecified atom stereocenters. The van der Waals surface area contributed by atoms with Crippen molar-refractivity contribution in [2.45, 2.75) is 63.9 Å². The molecule has 100 valence electrons. The van der Waals surface area contributed by atoms with E-state index < -0.39 is 5.60 Å². The fraction of sp³-hybridized carbons (Fsp3) is 0.917. The van der Waals surface area contributed by atoms with Gasteiger partial charge in [0.15, 0.2) is 0 Å². The Balaban J connectivity index is 2.23. The van der Waals surface area contributed by atoms with E-state index in [1.54, 1.807) is 11.9 Å². The molecule has 5 heteroatoms. The predicted molar refractivity (Wildman–Crippen MR) is 72.1 cm³/mol. The van der Waals surface area contributed by atoms with Crippen LogP contribution in [0.3, 0.4) is 0 Å². The molecule has 4 nitrogen and oxygen atoms in total. The molecule has 1 aliphatic carbocycles. The molecular weight excluding hydrogens is 236 g/mol. The van der Waals surface area contributed by atoms with Crippen LogP contribution in [0, 0.1) is 0 Å². The van der Waals surface area contributed by atoms with Gasteiger partial charge < -0.3 is 10.1 Å². The molecule has 1 rings (SSSR count). The topological polar surface area (TPSA) is 50.4 Å². The maximum absolute atomic E-state index is 11.6. The largest absolute Gasteiger partial charge is 0.444 e. The Bertz CT molecular complexity index is 253. The third-order valence-corrected chi connectivity index (χ3v) is 3.72. The second-order valence-corrected chi connectivity index (χ2v) is 6.59. The number of hydrogen-bond donors (Lipinski definition) is 2. The third-order valence-electron chi connectivity index (χ3n) is 2.50. The van der Waals surface area contributed by atoms with Crippen molar-refractivity contribution in [2.75, 3.05) is 6.54 Å². The van der Waals surface area contributed by atoms with Crippen molar-refractivity contribution in [3.63, 3.8) is 0 Å². The zero-order valence-corrected chi connectivity index (χ0v) is 12.0. The fourth-order valence-corrected chi connectivity index (χ4v) is 2.84. The van der Waals surface area contributed by atoms with Crippen molar-refractivity contribution in [3.05, 3.63) is 0 Å². The number of carbonyl (C=O) groups is 1. The third kappa shape index (κ3) is 6.17. The van der Waals surface area contributed by atoms with Gasteiger partial charge in [-0.3, -0.25) is 4.72 Å². The summed E-state index contributed by atoms with van der Waals surface area (Å²) in [5, 5.41) is 3.55. The lowest BCUT2D eigenvalue weighted by Gasteiger charge is -2.21. The molecule has 0 aliphatic heterocycles. The van der Waals surface area contributed by atoms with E-state index >= 15 is 0 Å². The van der Waals surface area contributed by atoms with Gasteiger partial charge >= 0.3 is 6.09 Å². The average molecular weight is 260 g/mol. The van der Waals surface area contributed by atoms with E-state index in [-0.39, 0.29) is 12.1 Å². The molecule has 2 atom stereocenters. The van der Waals surface area contributed by atoms with Gasteiger partial charge in [-0.15, -0.1) is 0 Å². The SMILES string of the molecule is CCNSC1CCC(NC(=O)OC(C)(C)C)C1. The van der Waals surface area contributed by atoms with Crippen molar-refractivity contribution < 1.29 is 9.53 Å². The Labute approximate surface area is 108 Å². The highest BCUT2D eigenvalue weighted by atomic mass is 32.2. The summed E-state index contributed by atoms with van der Waals surface area (Å²) in [6, 6.07) is 0.265. The van der Waals surface area contributed by atoms with Gasteiger partial charge in [0.05, 0.1) is 0 Å². The first-order valence-corrected chi connectivity index (χ1v) is 7.16. The van der Waals surface area contributed by atoms with Crippen molar-refractivity contribution in [1.82, 2.24) is 10.0 Å². The molecule has 17 heavy (non-hydrogen) atoms. The summed E-state index contributed by atoms with van der Waals surface area (Å²) in [7, 11) is 0.